The van der Waals surface area contributed by atoms with Gasteiger partial charge in [0.2, 0.25) is 0 Å². The van der Waals surface area contributed by atoms with Gasteiger partial charge >= 0.3 is 12.3 Å². The van der Waals surface area contributed by atoms with Crippen molar-refractivity contribution >= 4 is 28.6 Å². The molecule has 0 aliphatic rings. The van der Waals surface area contributed by atoms with Gasteiger partial charge in [-0.2, -0.15) is 0 Å². The lowest BCUT2D eigenvalue weighted by Crippen LogP contribution is -2.21. The standard InChI is InChI=1S/C9H8F3IN2O3/c10-9(11,12)18-8-4(2-14)5(13)3-15-6(8)1-7(16)17/h3H,1-2,14H2,(H,16,17). The SMILES string of the molecule is NCc1c(I)cnc(CC(=O)O)c1OC(F)(F)F. The van der Waals surface area contributed by atoms with E-state index in [2.05, 4.69) is 9.72 Å². The Hall–Kier alpha value is -1.10. The van der Waals surface area contributed by atoms with Crippen LogP contribution in [-0.2, 0) is 17.8 Å². The number of hydrogen-bond acceptors (Lipinski definition) is 4. The van der Waals surface area contributed by atoms with Crippen molar-refractivity contribution in [1.29, 1.82) is 0 Å². The minimum absolute atomic E-state index is 0.0826. The van der Waals surface area contributed by atoms with Gasteiger partial charge in [-0.3, -0.25) is 9.78 Å². The van der Waals surface area contributed by atoms with Crippen LogP contribution in [0.15, 0.2) is 6.20 Å². The first kappa shape index (κ1) is 15.0. The molecule has 0 saturated carbocycles. The molecule has 0 unspecified atom stereocenters. The van der Waals surface area contributed by atoms with Crippen LogP contribution < -0.4 is 10.5 Å². The minimum Gasteiger partial charge on any atom is -0.481 e. The van der Waals surface area contributed by atoms with Gasteiger partial charge in [-0.15, -0.1) is 13.2 Å². The Bertz CT molecular complexity index is 465. The predicted octanol–water partition coefficient (Wildman–Crippen LogP) is 1.67. The zero-order valence-electron chi connectivity index (χ0n) is 8.79. The second-order valence-electron chi connectivity index (χ2n) is 3.18. The number of aliphatic carboxylic acids is 1. The summed E-state index contributed by atoms with van der Waals surface area (Å²) in [6.07, 6.45) is -4.34. The highest BCUT2D eigenvalue weighted by Crippen LogP contribution is 2.31. The van der Waals surface area contributed by atoms with Gasteiger partial charge in [-0.1, -0.05) is 0 Å². The van der Waals surface area contributed by atoms with Crippen molar-refractivity contribution < 1.29 is 27.8 Å². The summed E-state index contributed by atoms with van der Waals surface area (Å²) < 4.78 is 41.0. The molecule has 1 aromatic rings. The maximum Gasteiger partial charge on any atom is 0.573 e. The number of carbonyl (C=O) groups is 1. The zero-order chi connectivity index (χ0) is 13.9. The summed E-state index contributed by atoms with van der Waals surface area (Å²) in [6, 6.07) is 0. The summed E-state index contributed by atoms with van der Waals surface area (Å²) in [5.74, 6) is -1.93. The molecule has 0 amide bonds. The Morgan fingerprint density at radius 3 is 2.61 bits per heavy atom. The largest absolute Gasteiger partial charge is 0.573 e. The molecule has 0 bridgehead atoms. The van der Waals surface area contributed by atoms with Crippen molar-refractivity contribution in [2.24, 2.45) is 5.73 Å². The van der Waals surface area contributed by atoms with Gasteiger partial charge in [-0.05, 0) is 22.6 Å². The first-order valence-corrected chi connectivity index (χ1v) is 5.66. The van der Waals surface area contributed by atoms with E-state index < -0.39 is 24.5 Å². The first-order valence-electron chi connectivity index (χ1n) is 4.58. The summed E-state index contributed by atoms with van der Waals surface area (Å²) >= 11 is 1.75. The highest BCUT2D eigenvalue weighted by atomic mass is 127. The van der Waals surface area contributed by atoms with Crippen LogP contribution in [0.3, 0.4) is 0 Å². The molecular formula is C9H8F3IN2O3. The molecule has 0 spiro atoms. The Kier molecular flexibility index (Phi) is 4.73. The Balaban J connectivity index is 3.29. The number of hydrogen-bond donors (Lipinski definition) is 2. The third kappa shape index (κ3) is 3.98. The van der Waals surface area contributed by atoms with E-state index in [9.17, 15) is 18.0 Å². The first-order chi connectivity index (χ1) is 8.24. The van der Waals surface area contributed by atoms with Gasteiger partial charge in [-0.25, -0.2) is 0 Å². The van der Waals surface area contributed by atoms with Gasteiger partial charge in [0.15, 0.2) is 5.75 Å². The number of nitrogens with zero attached hydrogens (tertiary/aromatic N) is 1. The van der Waals surface area contributed by atoms with Crippen LogP contribution >= 0.6 is 22.6 Å². The number of aromatic nitrogens is 1. The number of carboxylic acids is 1. The van der Waals surface area contributed by atoms with Crippen molar-refractivity contribution in [3.63, 3.8) is 0 Å². The van der Waals surface area contributed by atoms with Crippen LogP contribution in [0, 0.1) is 3.57 Å². The van der Waals surface area contributed by atoms with Gasteiger partial charge in [0.05, 0.1) is 12.1 Å². The molecule has 0 saturated heterocycles. The van der Waals surface area contributed by atoms with Crippen molar-refractivity contribution in [2.45, 2.75) is 19.3 Å². The molecule has 0 radical (unpaired) electrons. The molecule has 9 heteroatoms. The van der Waals surface area contributed by atoms with Gasteiger partial charge in [0, 0.05) is 21.9 Å². The van der Waals surface area contributed by atoms with Crippen LogP contribution in [0.4, 0.5) is 13.2 Å². The summed E-state index contributed by atoms with van der Waals surface area (Å²) in [4.78, 5) is 14.2. The Morgan fingerprint density at radius 1 is 1.56 bits per heavy atom. The quantitative estimate of drug-likeness (QED) is 0.782. The summed E-state index contributed by atoms with van der Waals surface area (Å²) in [5.41, 5.74) is 5.12. The number of alkyl halides is 3. The third-order valence-corrected chi connectivity index (χ3v) is 2.83. The number of rotatable bonds is 4. The van der Waals surface area contributed by atoms with Crippen molar-refractivity contribution in [3.8, 4) is 5.75 Å². The van der Waals surface area contributed by atoms with Crippen LogP contribution in [-0.4, -0.2) is 22.4 Å². The maximum absolute atomic E-state index is 12.3. The number of nitrogens with two attached hydrogens (primary N) is 1. The highest BCUT2D eigenvalue weighted by molar-refractivity contribution is 14.1. The fraction of sp³-hybridized carbons (Fsp3) is 0.333. The highest BCUT2D eigenvalue weighted by Gasteiger charge is 2.34. The van der Waals surface area contributed by atoms with E-state index in [-0.39, 0.29) is 17.8 Å². The molecule has 0 fully saturated rings. The molecule has 100 valence electrons. The molecule has 0 atom stereocenters. The van der Waals surface area contributed by atoms with E-state index in [1.807, 2.05) is 0 Å². The number of halogens is 4. The zero-order valence-corrected chi connectivity index (χ0v) is 10.9. The molecular weight excluding hydrogens is 368 g/mol. The second kappa shape index (κ2) is 5.69. The normalized spacial score (nSPS) is 11.4. The molecule has 1 heterocycles. The van der Waals surface area contributed by atoms with E-state index in [4.69, 9.17) is 10.8 Å². The molecule has 1 aromatic heterocycles. The van der Waals surface area contributed by atoms with Crippen LogP contribution in [0.25, 0.3) is 0 Å². The summed E-state index contributed by atoms with van der Waals surface area (Å²) in [6.45, 7) is -0.209. The molecule has 0 aliphatic carbocycles. The average molecular weight is 376 g/mol. The van der Waals surface area contributed by atoms with Crippen molar-refractivity contribution in [1.82, 2.24) is 4.98 Å². The van der Waals surface area contributed by atoms with Crippen molar-refractivity contribution in [3.05, 3.63) is 21.0 Å². The fourth-order valence-corrected chi connectivity index (χ4v) is 1.85. The number of ether oxygens (including phenoxy) is 1. The molecule has 0 aliphatic heterocycles. The van der Waals surface area contributed by atoms with Crippen molar-refractivity contribution in [2.75, 3.05) is 0 Å². The lowest BCUT2D eigenvalue weighted by atomic mass is 10.1. The topological polar surface area (TPSA) is 85.4 Å². The molecule has 18 heavy (non-hydrogen) atoms. The number of pyridine rings is 1. The lowest BCUT2D eigenvalue weighted by Gasteiger charge is -2.16. The van der Waals surface area contributed by atoms with E-state index >= 15 is 0 Å². The Labute approximate surface area is 113 Å². The predicted molar refractivity (Wildman–Crippen MR) is 62.9 cm³/mol. The Morgan fingerprint density at radius 2 is 2.17 bits per heavy atom. The third-order valence-electron chi connectivity index (χ3n) is 1.90. The minimum atomic E-state index is -4.93. The van der Waals surface area contributed by atoms with Gasteiger partial charge in [0.1, 0.15) is 0 Å². The number of carboxylic acid groups (broad SMARTS) is 1. The molecule has 1 rings (SSSR count). The van der Waals surface area contributed by atoms with E-state index in [0.717, 1.165) is 0 Å². The van der Waals surface area contributed by atoms with Crippen LogP contribution in [0.2, 0.25) is 0 Å². The molecule has 5 nitrogen and oxygen atoms in total. The van der Waals surface area contributed by atoms with Gasteiger partial charge in [0.25, 0.3) is 0 Å². The lowest BCUT2D eigenvalue weighted by molar-refractivity contribution is -0.275. The maximum atomic E-state index is 12.3. The monoisotopic (exact) mass is 376 g/mol. The summed E-state index contributed by atoms with van der Waals surface area (Å²) in [5, 5.41) is 8.61. The summed E-state index contributed by atoms with van der Waals surface area (Å²) in [7, 11) is 0. The van der Waals surface area contributed by atoms with E-state index in [1.165, 1.54) is 6.20 Å². The van der Waals surface area contributed by atoms with Crippen LogP contribution in [0.5, 0.6) is 5.75 Å². The van der Waals surface area contributed by atoms with Crippen LogP contribution in [0.1, 0.15) is 11.3 Å². The smallest absolute Gasteiger partial charge is 0.481 e. The van der Waals surface area contributed by atoms with Gasteiger partial charge < -0.3 is 15.6 Å². The van der Waals surface area contributed by atoms with E-state index in [1.54, 1.807) is 22.6 Å². The average Bonchev–Trinajstić information content (AvgIpc) is 2.20. The molecule has 3 N–H and O–H groups in total. The van der Waals surface area contributed by atoms with E-state index in [0.29, 0.717) is 3.57 Å². The second-order valence-corrected chi connectivity index (χ2v) is 4.35. The fourth-order valence-electron chi connectivity index (χ4n) is 1.25. The molecule has 0 aromatic carbocycles.